The highest BCUT2D eigenvalue weighted by molar-refractivity contribution is 5.99. The molecule has 0 aromatic heterocycles. The summed E-state index contributed by atoms with van der Waals surface area (Å²) in [6.45, 7) is 5.29. The van der Waals surface area contributed by atoms with Gasteiger partial charge in [-0.05, 0) is 38.5 Å². The number of aryl methyl sites for hydroxylation is 1. The van der Waals surface area contributed by atoms with Crippen LogP contribution in [0.4, 0.5) is 18.9 Å². The number of para-hydroxylation sites is 1. The van der Waals surface area contributed by atoms with Crippen molar-refractivity contribution in [2.75, 3.05) is 5.32 Å². The number of carbonyl (C=O) groups excluding carboxylic acids is 1. The second-order valence-corrected chi connectivity index (χ2v) is 5.99. The second-order valence-electron chi connectivity index (χ2n) is 5.99. The third kappa shape index (κ3) is 3.73. The molecule has 0 spiro atoms. The summed E-state index contributed by atoms with van der Waals surface area (Å²) in [5.41, 5.74) is -0.248. The predicted octanol–water partition coefficient (Wildman–Crippen LogP) is 4.93. The van der Waals surface area contributed by atoms with Crippen molar-refractivity contribution in [3.8, 4) is 0 Å². The Hall–Kier alpha value is -2.30. The number of hydrogen-bond donors (Lipinski definition) is 1. The summed E-state index contributed by atoms with van der Waals surface area (Å²) in [5.74, 6) is -0.488. The van der Waals surface area contributed by atoms with Crippen LogP contribution in [-0.4, -0.2) is 5.91 Å². The van der Waals surface area contributed by atoms with E-state index >= 15 is 0 Å². The molecule has 0 atom stereocenters. The molecule has 0 aliphatic carbocycles. The lowest BCUT2D eigenvalue weighted by molar-refractivity contribution is -0.137. The summed E-state index contributed by atoms with van der Waals surface area (Å²) in [4.78, 5) is 12.5. The molecule has 23 heavy (non-hydrogen) atoms. The lowest BCUT2D eigenvalue weighted by atomic mass is 9.83. The molecule has 122 valence electrons. The van der Waals surface area contributed by atoms with Crippen LogP contribution < -0.4 is 5.32 Å². The number of nitrogens with one attached hydrogen (secondary N) is 1. The van der Waals surface area contributed by atoms with E-state index in [1.807, 2.05) is 31.2 Å². The number of benzene rings is 2. The highest BCUT2D eigenvalue weighted by Crippen LogP contribution is 2.35. The molecule has 0 aliphatic rings. The largest absolute Gasteiger partial charge is 0.418 e. The molecule has 2 rings (SSSR count). The van der Waals surface area contributed by atoms with E-state index in [0.29, 0.717) is 0 Å². The van der Waals surface area contributed by atoms with Crippen molar-refractivity contribution in [2.24, 2.45) is 0 Å². The molecule has 0 aliphatic heterocycles. The van der Waals surface area contributed by atoms with E-state index in [9.17, 15) is 18.0 Å². The summed E-state index contributed by atoms with van der Waals surface area (Å²) in [5, 5.41) is 2.41. The van der Waals surface area contributed by atoms with E-state index in [-0.39, 0.29) is 5.69 Å². The zero-order valence-corrected chi connectivity index (χ0v) is 13.2. The van der Waals surface area contributed by atoms with Gasteiger partial charge in [0.2, 0.25) is 5.91 Å². The van der Waals surface area contributed by atoms with Crippen LogP contribution in [0.5, 0.6) is 0 Å². The van der Waals surface area contributed by atoms with Gasteiger partial charge in [-0.25, -0.2) is 0 Å². The zero-order chi connectivity index (χ0) is 17.3. The Balaban J connectivity index is 2.30. The summed E-state index contributed by atoms with van der Waals surface area (Å²) >= 11 is 0. The average Bonchev–Trinajstić information content (AvgIpc) is 2.47. The summed E-state index contributed by atoms with van der Waals surface area (Å²) in [6, 6.07) is 12.3. The minimum Gasteiger partial charge on any atom is -0.325 e. The third-order valence-corrected chi connectivity index (χ3v) is 3.82. The molecule has 0 saturated carbocycles. The van der Waals surface area contributed by atoms with Gasteiger partial charge < -0.3 is 5.32 Å². The van der Waals surface area contributed by atoms with E-state index in [1.165, 1.54) is 18.2 Å². The lowest BCUT2D eigenvalue weighted by Gasteiger charge is -2.25. The molecule has 0 radical (unpaired) electrons. The molecular formula is C18H18F3NO. The van der Waals surface area contributed by atoms with E-state index < -0.39 is 23.1 Å². The number of carbonyl (C=O) groups is 1. The SMILES string of the molecule is Cc1ccc(C(C)(C)C(=O)Nc2ccccc2C(F)(F)F)cc1. The van der Waals surface area contributed by atoms with Crippen LogP contribution in [-0.2, 0) is 16.4 Å². The Morgan fingerprint density at radius 2 is 1.52 bits per heavy atom. The number of amides is 1. The third-order valence-electron chi connectivity index (χ3n) is 3.82. The summed E-state index contributed by atoms with van der Waals surface area (Å²) < 4.78 is 39.0. The van der Waals surface area contributed by atoms with Gasteiger partial charge in [-0.15, -0.1) is 0 Å². The second kappa shape index (κ2) is 6.07. The van der Waals surface area contributed by atoms with Crippen molar-refractivity contribution in [3.63, 3.8) is 0 Å². The fourth-order valence-corrected chi connectivity index (χ4v) is 2.22. The van der Waals surface area contributed by atoms with E-state index in [1.54, 1.807) is 13.8 Å². The van der Waals surface area contributed by atoms with Crippen LogP contribution in [0.3, 0.4) is 0 Å². The monoisotopic (exact) mass is 321 g/mol. The van der Waals surface area contributed by atoms with Crippen LogP contribution >= 0.6 is 0 Å². The van der Waals surface area contributed by atoms with E-state index in [2.05, 4.69) is 5.32 Å². The number of alkyl halides is 3. The lowest BCUT2D eigenvalue weighted by Crippen LogP contribution is -2.35. The van der Waals surface area contributed by atoms with Gasteiger partial charge in [0.25, 0.3) is 0 Å². The molecule has 0 bridgehead atoms. The predicted molar refractivity (Wildman–Crippen MR) is 84.3 cm³/mol. The van der Waals surface area contributed by atoms with Gasteiger partial charge >= 0.3 is 6.18 Å². The first-order chi connectivity index (χ1) is 10.6. The molecule has 0 unspecified atom stereocenters. The molecule has 0 saturated heterocycles. The van der Waals surface area contributed by atoms with Crippen LogP contribution in [0, 0.1) is 6.92 Å². The molecular weight excluding hydrogens is 303 g/mol. The maximum absolute atomic E-state index is 13.0. The van der Waals surface area contributed by atoms with Crippen molar-refractivity contribution in [2.45, 2.75) is 32.4 Å². The van der Waals surface area contributed by atoms with Gasteiger partial charge in [-0.1, -0.05) is 42.0 Å². The Kier molecular flexibility index (Phi) is 4.50. The summed E-state index contributed by atoms with van der Waals surface area (Å²) in [7, 11) is 0. The number of halogens is 3. The van der Waals surface area contributed by atoms with Crippen molar-refractivity contribution in [1.82, 2.24) is 0 Å². The van der Waals surface area contributed by atoms with Gasteiger partial charge in [0.1, 0.15) is 0 Å². The fraction of sp³-hybridized carbons (Fsp3) is 0.278. The van der Waals surface area contributed by atoms with Crippen molar-refractivity contribution in [3.05, 3.63) is 65.2 Å². The zero-order valence-electron chi connectivity index (χ0n) is 13.2. The van der Waals surface area contributed by atoms with E-state index in [0.717, 1.165) is 17.2 Å². The molecule has 1 N–H and O–H groups in total. The first kappa shape index (κ1) is 17.1. The van der Waals surface area contributed by atoms with Crippen LogP contribution in [0.1, 0.15) is 30.5 Å². The normalized spacial score (nSPS) is 12.1. The van der Waals surface area contributed by atoms with Crippen LogP contribution in [0.25, 0.3) is 0 Å². The van der Waals surface area contributed by atoms with Crippen LogP contribution in [0.2, 0.25) is 0 Å². The maximum atomic E-state index is 13.0. The number of anilines is 1. The molecule has 0 fully saturated rings. The number of rotatable bonds is 3. The van der Waals surface area contributed by atoms with Crippen LogP contribution in [0.15, 0.2) is 48.5 Å². The minimum atomic E-state index is -4.52. The van der Waals surface area contributed by atoms with E-state index in [4.69, 9.17) is 0 Å². The van der Waals surface area contributed by atoms with Crippen molar-refractivity contribution < 1.29 is 18.0 Å². The Bertz CT molecular complexity index is 703. The first-order valence-corrected chi connectivity index (χ1v) is 7.17. The minimum absolute atomic E-state index is 0.231. The summed E-state index contributed by atoms with van der Waals surface area (Å²) in [6.07, 6.45) is -4.52. The van der Waals surface area contributed by atoms with Crippen molar-refractivity contribution in [1.29, 1.82) is 0 Å². The fourth-order valence-electron chi connectivity index (χ4n) is 2.22. The maximum Gasteiger partial charge on any atom is 0.418 e. The molecule has 5 heteroatoms. The van der Waals surface area contributed by atoms with Crippen molar-refractivity contribution >= 4 is 11.6 Å². The van der Waals surface area contributed by atoms with Gasteiger partial charge in [0.15, 0.2) is 0 Å². The average molecular weight is 321 g/mol. The molecule has 2 nitrogen and oxygen atoms in total. The molecule has 0 heterocycles. The first-order valence-electron chi connectivity index (χ1n) is 7.17. The van der Waals surface area contributed by atoms with Gasteiger partial charge in [-0.3, -0.25) is 4.79 Å². The Morgan fingerprint density at radius 1 is 0.957 bits per heavy atom. The number of hydrogen-bond acceptors (Lipinski definition) is 1. The van der Waals surface area contributed by atoms with Gasteiger partial charge in [-0.2, -0.15) is 13.2 Å². The smallest absolute Gasteiger partial charge is 0.325 e. The molecule has 2 aromatic rings. The molecule has 1 amide bonds. The quantitative estimate of drug-likeness (QED) is 0.853. The topological polar surface area (TPSA) is 29.1 Å². The highest BCUT2D eigenvalue weighted by Gasteiger charge is 2.35. The van der Waals surface area contributed by atoms with Gasteiger partial charge in [0.05, 0.1) is 16.7 Å². The molecule has 2 aromatic carbocycles. The standard InChI is InChI=1S/C18H18F3NO/c1-12-8-10-13(11-9-12)17(2,3)16(23)22-15-7-5-4-6-14(15)18(19,20)21/h4-11H,1-3H3,(H,22,23). The highest BCUT2D eigenvalue weighted by atomic mass is 19.4. The Morgan fingerprint density at radius 3 is 2.09 bits per heavy atom. The van der Waals surface area contributed by atoms with Gasteiger partial charge in [0, 0.05) is 0 Å². The Labute approximate surface area is 133 Å².